The fourth-order valence-electron chi connectivity index (χ4n) is 4.63. The summed E-state index contributed by atoms with van der Waals surface area (Å²) in [6, 6.07) is 0.353. The van der Waals surface area contributed by atoms with Crippen LogP contribution in [0.1, 0.15) is 66.0 Å². The molecule has 1 saturated heterocycles. The average molecular weight is 529 g/mol. The molecule has 4 rings (SSSR count). The summed E-state index contributed by atoms with van der Waals surface area (Å²) in [5, 5.41) is 20.6. The van der Waals surface area contributed by atoms with Crippen molar-refractivity contribution in [1.29, 1.82) is 0 Å². The van der Waals surface area contributed by atoms with Crippen molar-refractivity contribution in [2.75, 3.05) is 31.9 Å². The summed E-state index contributed by atoms with van der Waals surface area (Å²) in [5.41, 5.74) is 0.533. The number of hydrogen-bond acceptors (Lipinski definition) is 11. The quantitative estimate of drug-likeness (QED) is 0.225. The molecule has 1 aliphatic heterocycles. The van der Waals surface area contributed by atoms with Gasteiger partial charge < -0.3 is 24.6 Å². The molecule has 2 aromatic rings. The molecular formula is C23H37ClN6O6. The molecule has 3 heterocycles. The molecule has 12 nitrogen and oxygen atoms in total. The SMILES string of the molecule is CCON(COC[C@@H]1C[C@@H](OC(C)(C)O)[C@@H](n2ncc3c(NC4CCCC4)nc(Cl)nc32)O1)OCC. The van der Waals surface area contributed by atoms with Crippen LogP contribution in [-0.4, -0.2) is 80.7 Å². The van der Waals surface area contributed by atoms with Crippen LogP contribution in [0.2, 0.25) is 5.28 Å². The number of halogens is 1. The minimum absolute atomic E-state index is 0.118. The molecule has 0 amide bonds. The molecule has 202 valence electrons. The molecule has 3 atom stereocenters. The average Bonchev–Trinajstić information content (AvgIpc) is 3.53. The van der Waals surface area contributed by atoms with E-state index in [1.54, 1.807) is 24.7 Å². The largest absolute Gasteiger partial charge is 0.367 e. The lowest BCUT2D eigenvalue weighted by Crippen LogP contribution is -2.34. The van der Waals surface area contributed by atoms with Crippen molar-refractivity contribution < 1.29 is 29.0 Å². The third-order valence-corrected chi connectivity index (χ3v) is 6.16. The Morgan fingerprint density at radius 1 is 1.22 bits per heavy atom. The fraction of sp³-hybridized carbons (Fsp3) is 0.783. The highest BCUT2D eigenvalue weighted by molar-refractivity contribution is 6.28. The van der Waals surface area contributed by atoms with Crippen LogP contribution in [0.3, 0.4) is 0 Å². The van der Waals surface area contributed by atoms with Crippen LogP contribution < -0.4 is 5.32 Å². The molecule has 1 aliphatic carbocycles. The predicted octanol–water partition coefficient (Wildman–Crippen LogP) is 3.41. The summed E-state index contributed by atoms with van der Waals surface area (Å²) in [6.07, 6.45) is 5.29. The number of ether oxygens (including phenoxy) is 3. The Kier molecular flexibility index (Phi) is 9.34. The van der Waals surface area contributed by atoms with E-state index in [9.17, 15) is 5.11 Å². The maximum atomic E-state index is 10.4. The van der Waals surface area contributed by atoms with E-state index in [0.717, 1.165) is 18.2 Å². The van der Waals surface area contributed by atoms with Gasteiger partial charge in [-0.1, -0.05) is 12.8 Å². The van der Waals surface area contributed by atoms with E-state index in [2.05, 4.69) is 20.4 Å². The van der Waals surface area contributed by atoms with Gasteiger partial charge in [-0.05, 0) is 57.4 Å². The molecule has 13 heteroatoms. The van der Waals surface area contributed by atoms with Crippen LogP contribution in [0.5, 0.6) is 0 Å². The van der Waals surface area contributed by atoms with Gasteiger partial charge in [-0.15, -0.1) is 0 Å². The maximum absolute atomic E-state index is 10.4. The number of nitrogens with zero attached hydrogens (tertiary/aromatic N) is 5. The minimum Gasteiger partial charge on any atom is -0.367 e. The maximum Gasteiger partial charge on any atom is 0.226 e. The third-order valence-electron chi connectivity index (χ3n) is 6.00. The molecule has 1 saturated carbocycles. The van der Waals surface area contributed by atoms with Crippen LogP contribution in [0.4, 0.5) is 5.82 Å². The van der Waals surface area contributed by atoms with Gasteiger partial charge in [0.1, 0.15) is 18.7 Å². The van der Waals surface area contributed by atoms with Crippen LogP contribution >= 0.6 is 11.6 Å². The zero-order valence-corrected chi connectivity index (χ0v) is 22.1. The zero-order chi connectivity index (χ0) is 25.7. The number of anilines is 1. The normalized spacial score (nSPS) is 23.4. The number of hydrogen-bond donors (Lipinski definition) is 2. The van der Waals surface area contributed by atoms with Gasteiger partial charge in [0, 0.05) is 12.5 Å². The van der Waals surface area contributed by atoms with Gasteiger partial charge in [0.05, 0.1) is 37.5 Å². The second-order valence-electron chi connectivity index (χ2n) is 9.45. The standard InChI is InChI=1S/C23H37ClN6O6/c1-5-33-29(34-6-2)14-32-13-16-11-18(36-23(3,4)31)21(35-16)30-20-17(12-25-30)19(27-22(24)28-20)26-15-9-7-8-10-15/h12,15-16,18,21,31H,5-11,13-14H2,1-4H3,(H,26,27,28)/t16-,18+,21-/m0/s1. The summed E-state index contributed by atoms with van der Waals surface area (Å²) >= 11 is 6.30. The molecule has 0 spiro atoms. The van der Waals surface area contributed by atoms with Crippen molar-refractivity contribution in [2.45, 2.75) is 90.1 Å². The molecule has 0 aromatic carbocycles. The topological polar surface area (TPSA) is 125 Å². The van der Waals surface area contributed by atoms with Crippen molar-refractivity contribution in [1.82, 2.24) is 25.0 Å². The minimum atomic E-state index is -1.37. The molecule has 2 fully saturated rings. The van der Waals surface area contributed by atoms with Gasteiger partial charge in [-0.25, -0.2) is 4.68 Å². The van der Waals surface area contributed by atoms with Gasteiger partial charge in [-0.3, -0.25) is 9.68 Å². The van der Waals surface area contributed by atoms with Crippen molar-refractivity contribution in [3.63, 3.8) is 0 Å². The number of fused-ring (bicyclic) bond motifs is 1. The van der Waals surface area contributed by atoms with Crippen molar-refractivity contribution in [3.8, 4) is 0 Å². The van der Waals surface area contributed by atoms with E-state index in [0.29, 0.717) is 37.1 Å². The number of aliphatic hydroxyl groups is 1. The number of rotatable bonds is 13. The summed E-state index contributed by atoms with van der Waals surface area (Å²) in [6.45, 7) is 8.21. The summed E-state index contributed by atoms with van der Waals surface area (Å²) in [4.78, 5) is 19.6. The molecule has 0 unspecified atom stereocenters. The second kappa shape index (κ2) is 12.3. The third kappa shape index (κ3) is 7.01. The van der Waals surface area contributed by atoms with Crippen LogP contribution in [0.25, 0.3) is 11.0 Å². The van der Waals surface area contributed by atoms with Crippen LogP contribution in [0.15, 0.2) is 6.20 Å². The molecule has 36 heavy (non-hydrogen) atoms. The Labute approximate surface area is 216 Å². The molecule has 2 aromatic heterocycles. The highest BCUT2D eigenvalue weighted by Crippen LogP contribution is 2.36. The fourth-order valence-corrected chi connectivity index (χ4v) is 4.80. The van der Waals surface area contributed by atoms with E-state index in [-0.39, 0.29) is 24.7 Å². The number of hydroxylamine groups is 2. The summed E-state index contributed by atoms with van der Waals surface area (Å²) in [7, 11) is 0. The highest BCUT2D eigenvalue weighted by atomic mass is 35.5. The first kappa shape index (κ1) is 27.4. The van der Waals surface area contributed by atoms with Crippen molar-refractivity contribution in [2.24, 2.45) is 0 Å². The Morgan fingerprint density at radius 3 is 2.61 bits per heavy atom. The Balaban J connectivity index is 1.51. The first-order valence-electron chi connectivity index (χ1n) is 12.6. The van der Waals surface area contributed by atoms with Crippen molar-refractivity contribution >= 4 is 28.5 Å². The molecule has 0 bridgehead atoms. The van der Waals surface area contributed by atoms with Gasteiger partial charge >= 0.3 is 0 Å². The van der Waals surface area contributed by atoms with E-state index >= 15 is 0 Å². The monoisotopic (exact) mass is 528 g/mol. The second-order valence-corrected chi connectivity index (χ2v) is 9.79. The molecular weight excluding hydrogens is 492 g/mol. The smallest absolute Gasteiger partial charge is 0.226 e. The molecule has 0 radical (unpaired) electrons. The zero-order valence-electron chi connectivity index (χ0n) is 21.4. The summed E-state index contributed by atoms with van der Waals surface area (Å²) in [5.74, 6) is -0.707. The van der Waals surface area contributed by atoms with Crippen LogP contribution in [0, 0.1) is 0 Å². The first-order valence-corrected chi connectivity index (χ1v) is 13.0. The number of nitrogens with one attached hydrogen (secondary N) is 1. The lowest BCUT2D eigenvalue weighted by molar-refractivity contribution is -0.392. The molecule has 2 aliphatic rings. The van der Waals surface area contributed by atoms with E-state index in [1.807, 2.05) is 13.8 Å². The number of aromatic nitrogens is 4. The van der Waals surface area contributed by atoms with Gasteiger partial charge in [0.2, 0.25) is 5.28 Å². The van der Waals surface area contributed by atoms with Gasteiger partial charge in [-0.2, -0.15) is 15.1 Å². The van der Waals surface area contributed by atoms with Crippen molar-refractivity contribution in [3.05, 3.63) is 11.5 Å². The Hall–Kier alpha value is -1.64. The molecule has 2 N–H and O–H groups in total. The predicted molar refractivity (Wildman–Crippen MR) is 132 cm³/mol. The lowest BCUT2D eigenvalue weighted by Gasteiger charge is -2.26. The highest BCUT2D eigenvalue weighted by Gasteiger charge is 2.41. The van der Waals surface area contributed by atoms with E-state index in [4.69, 9.17) is 35.5 Å². The van der Waals surface area contributed by atoms with Gasteiger partial charge in [0.25, 0.3) is 0 Å². The summed E-state index contributed by atoms with van der Waals surface area (Å²) < 4.78 is 19.7. The lowest BCUT2D eigenvalue weighted by atomic mass is 10.2. The van der Waals surface area contributed by atoms with Gasteiger partial charge in [0.15, 0.2) is 17.7 Å². The van der Waals surface area contributed by atoms with E-state index < -0.39 is 18.1 Å². The van der Waals surface area contributed by atoms with Crippen LogP contribution in [-0.2, 0) is 23.9 Å². The first-order chi connectivity index (χ1) is 17.3. The Bertz CT molecular complexity index is 976. The Morgan fingerprint density at radius 2 is 1.94 bits per heavy atom. The van der Waals surface area contributed by atoms with E-state index in [1.165, 1.54) is 18.1 Å².